The fourth-order valence-corrected chi connectivity index (χ4v) is 4.57. The molecule has 0 radical (unpaired) electrons. The largest absolute Gasteiger partial charge is 0.350 e. The summed E-state index contributed by atoms with van der Waals surface area (Å²) in [5.74, 6) is -0.0681. The standard InChI is InChI=1S/C23H21FN4OS2/c1-15-9-11-17(12-10-15)28-21(19-7-3-4-8-20(19)24)26-27-23(28)31-16(2)22(29)25-14-18-6-5-13-30-18/h3-13,16H,14H2,1-2H3,(H,25,29). The van der Waals surface area contributed by atoms with Gasteiger partial charge >= 0.3 is 0 Å². The maximum Gasteiger partial charge on any atom is 0.233 e. The highest BCUT2D eigenvalue weighted by Crippen LogP contribution is 2.31. The Kier molecular flexibility index (Phi) is 6.48. The van der Waals surface area contributed by atoms with Crippen molar-refractivity contribution in [2.24, 2.45) is 0 Å². The summed E-state index contributed by atoms with van der Waals surface area (Å²) in [6, 6.07) is 18.3. The van der Waals surface area contributed by atoms with Crippen LogP contribution in [0.1, 0.15) is 17.4 Å². The third-order valence-corrected chi connectivity index (χ3v) is 6.63. The van der Waals surface area contributed by atoms with Crippen LogP contribution in [0.5, 0.6) is 0 Å². The van der Waals surface area contributed by atoms with E-state index in [-0.39, 0.29) is 11.7 Å². The number of thioether (sulfide) groups is 1. The molecule has 0 spiro atoms. The van der Waals surface area contributed by atoms with Crippen molar-refractivity contribution in [3.05, 3.63) is 82.3 Å². The molecule has 2 aromatic heterocycles. The molecular formula is C23H21FN4OS2. The molecule has 31 heavy (non-hydrogen) atoms. The Morgan fingerprint density at radius 1 is 1.13 bits per heavy atom. The number of thiophene rings is 1. The van der Waals surface area contributed by atoms with Gasteiger partial charge in [-0.25, -0.2) is 4.39 Å². The smallest absolute Gasteiger partial charge is 0.233 e. The van der Waals surface area contributed by atoms with Crippen LogP contribution in [0.4, 0.5) is 4.39 Å². The molecule has 4 rings (SSSR count). The second kappa shape index (κ2) is 9.45. The lowest BCUT2D eigenvalue weighted by atomic mass is 10.2. The maximum absolute atomic E-state index is 14.5. The van der Waals surface area contributed by atoms with Gasteiger partial charge in [0, 0.05) is 10.6 Å². The lowest BCUT2D eigenvalue weighted by molar-refractivity contribution is -0.120. The molecule has 0 saturated carbocycles. The summed E-state index contributed by atoms with van der Waals surface area (Å²) in [7, 11) is 0. The molecule has 0 aliphatic heterocycles. The van der Waals surface area contributed by atoms with Crippen LogP contribution in [0.3, 0.4) is 0 Å². The van der Waals surface area contributed by atoms with Gasteiger partial charge in [-0.2, -0.15) is 0 Å². The second-order valence-electron chi connectivity index (χ2n) is 7.01. The van der Waals surface area contributed by atoms with E-state index in [4.69, 9.17) is 0 Å². The number of aryl methyl sites for hydroxylation is 1. The number of carbonyl (C=O) groups is 1. The van der Waals surface area contributed by atoms with Gasteiger partial charge in [-0.1, -0.05) is 47.7 Å². The van der Waals surface area contributed by atoms with Crippen LogP contribution >= 0.6 is 23.1 Å². The number of amides is 1. The SMILES string of the molecule is Cc1ccc(-n2c(SC(C)C(=O)NCc3cccs3)nnc2-c2ccccc2F)cc1. The molecule has 0 bridgehead atoms. The highest BCUT2D eigenvalue weighted by Gasteiger charge is 2.23. The summed E-state index contributed by atoms with van der Waals surface area (Å²) in [6.45, 7) is 4.32. The molecule has 8 heteroatoms. The Balaban J connectivity index is 1.63. The summed E-state index contributed by atoms with van der Waals surface area (Å²) in [4.78, 5) is 13.7. The minimum atomic E-state index is -0.401. The summed E-state index contributed by atoms with van der Waals surface area (Å²) < 4.78 is 16.3. The second-order valence-corrected chi connectivity index (χ2v) is 9.35. The highest BCUT2D eigenvalue weighted by atomic mass is 32.2. The molecule has 1 N–H and O–H groups in total. The van der Waals surface area contributed by atoms with E-state index in [0.29, 0.717) is 23.1 Å². The van der Waals surface area contributed by atoms with E-state index < -0.39 is 5.25 Å². The van der Waals surface area contributed by atoms with Gasteiger partial charge in [0.25, 0.3) is 0 Å². The van der Waals surface area contributed by atoms with Gasteiger partial charge in [0.2, 0.25) is 5.91 Å². The predicted molar refractivity (Wildman–Crippen MR) is 123 cm³/mol. The van der Waals surface area contributed by atoms with Crippen LogP contribution in [0.25, 0.3) is 17.1 Å². The van der Waals surface area contributed by atoms with E-state index in [2.05, 4.69) is 15.5 Å². The number of nitrogens with zero attached hydrogens (tertiary/aromatic N) is 3. The average Bonchev–Trinajstić information content (AvgIpc) is 3.43. The first-order chi connectivity index (χ1) is 15.0. The van der Waals surface area contributed by atoms with Gasteiger partial charge in [0.1, 0.15) is 5.82 Å². The fourth-order valence-electron chi connectivity index (χ4n) is 3.03. The average molecular weight is 453 g/mol. The molecule has 1 amide bonds. The van der Waals surface area contributed by atoms with Crippen molar-refractivity contribution in [3.63, 3.8) is 0 Å². The zero-order valence-corrected chi connectivity index (χ0v) is 18.7. The van der Waals surface area contributed by atoms with Crippen molar-refractivity contribution in [1.29, 1.82) is 0 Å². The number of hydrogen-bond donors (Lipinski definition) is 1. The molecule has 0 aliphatic rings. The van der Waals surface area contributed by atoms with Gasteiger partial charge in [-0.05, 0) is 49.6 Å². The van der Waals surface area contributed by atoms with Crippen LogP contribution in [-0.4, -0.2) is 25.9 Å². The number of carbonyl (C=O) groups excluding carboxylic acids is 1. The third-order valence-electron chi connectivity index (χ3n) is 4.71. The Hall–Kier alpha value is -2.97. The Morgan fingerprint density at radius 2 is 1.90 bits per heavy atom. The molecule has 2 heterocycles. The molecule has 0 saturated heterocycles. The number of nitrogens with one attached hydrogen (secondary N) is 1. The number of rotatable bonds is 7. The molecule has 158 valence electrons. The van der Waals surface area contributed by atoms with Gasteiger partial charge in [-0.3, -0.25) is 9.36 Å². The number of aromatic nitrogens is 3. The summed E-state index contributed by atoms with van der Waals surface area (Å²) in [6.07, 6.45) is 0. The van der Waals surface area contributed by atoms with E-state index in [0.717, 1.165) is 16.1 Å². The summed E-state index contributed by atoms with van der Waals surface area (Å²) >= 11 is 2.89. The Labute approximate surface area is 188 Å². The highest BCUT2D eigenvalue weighted by molar-refractivity contribution is 8.00. The van der Waals surface area contributed by atoms with Crippen LogP contribution in [0.15, 0.2) is 71.2 Å². The van der Waals surface area contributed by atoms with E-state index in [9.17, 15) is 9.18 Å². The van der Waals surface area contributed by atoms with E-state index in [1.165, 1.54) is 17.8 Å². The predicted octanol–water partition coefficient (Wildman–Crippen LogP) is 5.24. The zero-order valence-electron chi connectivity index (χ0n) is 17.1. The van der Waals surface area contributed by atoms with Gasteiger partial charge in [0.05, 0.1) is 17.4 Å². The fraction of sp³-hybridized carbons (Fsp3) is 0.174. The molecule has 1 atom stereocenters. The minimum absolute atomic E-state index is 0.0932. The van der Waals surface area contributed by atoms with Crippen LogP contribution in [0.2, 0.25) is 0 Å². The first kappa shape index (κ1) is 21.3. The molecule has 4 aromatic rings. The number of benzene rings is 2. The molecule has 1 unspecified atom stereocenters. The van der Waals surface area contributed by atoms with Crippen LogP contribution < -0.4 is 5.32 Å². The molecule has 0 fully saturated rings. The monoisotopic (exact) mass is 452 g/mol. The van der Waals surface area contributed by atoms with Crippen LogP contribution in [0, 0.1) is 12.7 Å². The van der Waals surface area contributed by atoms with E-state index >= 15 is 0 Å². The zero-order chi connectivity index (χ0) is 21.8. The minimum Gasteiger partial charge on any atom is -0.350 e. The number of halogens is 1. The molecule has 5 nitrogen and oxygen atoms in total. The Morgan fingerprint density at radius 3 is 2.61 bits per heavy atom. The van der Waals surface area contributed by atoms with Crippen molar-refractivity contribution < 1.29 is 9.18 Å². The van der Waals surface area contributed by atoms with Crippen molar-refractivity contribution in [2.75, 3.05) is 0 Å². The molecule has 0 aliphatic carbocycles. The van der Waals surface area contributed by atoms with Gasteiger partial charge in [0.15, 0.2) is 11.0 Å². The maximum atomic E-state index is 14.5. The van der Waals surface area contributed by atoms with Crippen molar-refractivity contribution in [2.45, 2.75) is 30.8 Å². The quantitative estimate of drug-likeness (QED) is 0.390. The van der Waals surface area contributed by atoms with Gasteiger partial charge < -0.3 is 5.32 Å². The molecular weight excluding hydrogens is 431 g/mol. The number of hydrogen-bond acceptors (Lipinski definition) is 5. The summed E-state index contributed by atoms with van der Waals surface area (Å²) in [5.41, 5.74) is 2.28. The Bertz CT molecular complexity index is 1170. The van der Waals surface area contributed by atoms with Gasteiger partial charge in [-0.15, -0.1) is 21.5 Å². The van der Waals surface area contributed by atoms with Crippen molar-refractivity contribution in [3.8, 4) is 17.1 Å². The molecule has 2 aromatic carbocycles. The first-order valence-corrected chi connectivity index (χ1v) is 11.5. The normalized spacial score (nSPS) is 12.0. The van der Waals surface area contributed by atoms with E-state index in [1.807, 2.05) is 55.6 Å². The van der Waals surface area contributed by atoms with Crippen molar-refractivity contribution in [1.82, 2.24) is 20.1 Å². The van der Waals surface area contributed by atoms with Crippen LogP contribution in [-0.2, 0) is 11.3 Å². The van der Waals surface area contributed by atoms with E-state index in [1.54, 1.807) is 34.1 Å². The van der Waals surface area contributed by atoms with Crippen molar-refractivity contribution >= 4 is 29.0 Å². The first-order valence-electron chi connectivity index (χ1n) is 9.77. The lowest BCUT2D eigenvalue weighted by Gasteiger charge is -2.14. The summed E-state index contributed by atoms with van der Waals surface area (Å²) in [5, 5.41) is 13.6. The third kappa shape index (κ3) is 4.86. The topological polar surface area (TPSA) is 59.8 Å². The lowest BCUT2D eigenvalue weighted by Crippen LogP contribution is -2.30.